The zero-order chi connectivity index (χ0) is 27.1. The summed E-state index contributed by atoms with van der Waals surface area (Å²) in [7, 11) is 0. The average molecular weight is 509 g/mol. The molecule has 0 unspecified atom stereocenters. The van der Waals surface area contributed by atoms with E-state index in [-0.39, 0.29) is 45.3 Å². The lowest BCUT2D eigenvalue weighted by molar-refractivity contribution is -0.297. The molecule has 4 aliphatic rings. The van der Waals surface area contributed by atoms with Crippen LogP contribution in [0.25, 0.3) is 0 Å². The first-order valence-corrected chi connectivity index (χ1v) is 14.1. The van der Waals surface area contributed by atoms with Gasteiger partial charge in [-0.15, -0.1) is 0 Å². The van der Waals surface area contributed by atoms with Gasteiger partial charge in [0.1, 0.15) is 5.60 Å². The predicted molar refractivity (Wildman–Crippen MR) is 140 cm³/mol. The van der Waals surface area contributed by atoms with Crippen LogP contribution in [0.2, 0.25) is 0 Å². The van der Waals surface area contributed by atoms with E-state index in [1.54, 1.807) is 19.9 Å². The van der Waals surface area contributed by atoms with Crippen molar-refractivity contribution in [1.29, 1.82) is 0 Å². The van der Waals surface area contributed by atoms with Crippen LogP contribution in [0.1, 0.15) is 100 Å². The standard InChI is InChI=1S/C30H52O6/c1-25(2,36-35)12-9-13-30(8,34)18-10-15-28(6)23(18)19(31)16-21-27(5)14-11-22(33)26(3,4)24(27)20(32)17-29(21,28)7/h9,12,18-24,31-35H,10-11,13-17H2,1-8H3/b12-9+/t18-,19-,20+,21-,22+,23-,24+,27-,28-,29-,30+/m1/s1. The van der Waals surface area contributed by atoms with E-state index in [4.69, 9.17) is 5.26 Å². The Labute approximate surface area is 218 Å². The minimum absolute atomic E-state index is 0.0123. The highest BCUT2D eigenvalue weighted by Gasteiger charge is 2.72. The largest absolute Gasteiger partial charge is 0.393 e. The Morgan fingerprint density at radius 1 is 0.917 bits per heavy atom. The average Bonchev–Trinajstić information content (AvgIpc) is 3.13. The summed E-state index contributed by atoms with van der Waals surface area (Å²) in [5.74, 6) is 0.110. The molecule has 0 bridgehead atoms. The summed E-state index contributed by atoms with van der Waals surface area (Å²) in [6, 6.07) is 0. The van der Waals surface area contributed by atoms with Crippen LogP contribution in [0.5, 0.6) is 0 Å². The van der Waals surface area contributed by atoms with Gasteiger partial charge in [-0.2, -0.15) is 0 Å². The molecule has 6 heteroatoms. The normalized spacial score (nSPS) is 50.3. The van der Waals surface area contributed by atoms with Crippen molar-refractivity contribution in [3.05, 3.63) is 12.2 Å². The Morgan fingerprint density at radius 3 is 2.17 bits per heavy atom. The highest BCUT2D eigenvalue weighted by molar-refractivity contribution is 5.21. The van der Waals surface area contributed by atoms with Gasteiger partial charge in [-0.3, -0.25) is 5.26 Å². The Kier molecular flexibility index (Phi) is 6.93. The minimum atomic E-state index is -1.01. The van der Waals surface area contributed by atoms with E-state index in [9.17, 15) is 20.4 Å². The van der Waals surface area contributed by atoms with Crippen molar-refractivity contribution in [3.63, 3.8) is 0 Å². The molecule has 0 amide bonds. The molecule has 208 valence electrons. The molecule has 0 aromatic rings. The summed E-state index contributed by atoms with van der Waals surface area (Å²) < 4.78 is 0. The SMILES string of the molecule is CC(C)(/C=C/C[C@](C)(O)[C@@H]1CC[C@]2(C)[C@H]1[C@H](O)C[C@@H]1[C@@]3(C)CC[C@H](O)C(C)(C)[C@@H]3[C@@H](O)C[C@]12C)OO. The lowest BCUT2D eigenvalue weighted by Gasteiger charge is -2.71. The zero-order valence-corrected chi connectivity index (χ0v) is 23.8. The first kappa shape index (κ1) is 28.5. The maximum Gasteiger partial charge on any atom is 0.116 e. The molecule has 0 radical (unpaired) electrons. The van der Waals surface area contributed by atoms with Gasteiger partial charge >= 0.3 is 0 Å². The van der Waals surface area contributed by atoms with Gasteiger partial charge < -0.3 is 20.4 Å². The first-order valence-electron chi connectivity index (χ1n) is 14.1. The second kappa shape index (κ2) is 8.76. The molecule has 4 saturated carbocycles. The molecular weight excluding hydrogens is 456 g/mol. The fourth-order valence-corrected chi connectivity index (χ4v) is 10.4. The van der Waals surface area contributed by atoms with E-state index in [0.717, 1.165) is 25.7 Å². The second-order valence-electron chi connectivity index (χ2n) is 15.2. The van der Waals surface area contributed by atoms with Crippen LogP contribution >= 0.6 is 0 Å². The molecule has 0 saturated heterocycles. The summed E-state index contributed by atoms with van der Waals surface area (Å²) in [5, 5.41) is 55.1. The van der Waals surface area contributed by atoms with Crippen LogP contribution in [-0.4, -0.2) is 55.2 Å². The topological polar surface area (TPSA) is 110 Å². The molecule has 4 aliphatic carbocycles. The van der Waals surface area contributed by atoms with Gasteiger partial charge in [0.15, 0.2) is 0 Å². The van der Waals surface area contributed by atoms with Crippen LogP contribution in [0.15, 0.2) is 12.2 Å². The maximum atomic E-state index is 11.8. The van der Waals surface area contributed by atoms with Gasteiger partial charge in [-0.25, -0.2) is 4.89 Å². The van der Waals surface area contributed by atoms with Gasteiger partial charge in [0, 0.05) is 0 Å². The van der Waals surface area contributed by atoms with Crippen molar-refractivity contribution in [2.24, 2.45) is 45.3 Å². The van der Waals surface area contributed by atoms with Crippen LogP contribution in [0.4, 0.5) is 0 Å². The molecule has 4 fully saturated rings. The molecule has 5 N–H and O–H groups in total. The summed E-state index contributed by atoms with van der Waals surface area (Å²) in [5.41, 5.74) is -2.76. The van der Waals surface area contributed by atoms with Crippen LogP contribution < -0.4 is 0 Å². The lowest BCUT2D eigenvalue weighted by atomic mass is 9.34. The summed E-state index contributed by atoms with van der Waals surface area (Å²) in [4.78, 5) is 4.51. The van der Waals surface area contributed by atoms with Crippen molar-refractivity contribution in [2.45, 2.75) is 130 Å². The molecule has 0 spiro atoms. The van der Waals surface area contributed by atoms with Crippen molar-refractivity contribution in [2.75, 3.05) is 0 Å². The van der Waals surface area contributed by atoms with Crippen molar-refractivity contribution in [3.8, 4) is 0 Å². The Hall–Kier alpha value is -0.500. The smallest absolute Gasteiger partial charge is 0.116 e. The molecule has 4 rings (SSSR count). The summed E-state index contributed by atoms with van der Waals surface area (Å²) in [6.07, 6.45) is 7.30. The summed E-state index contributed by atoms with van der Waals surface area (Å²) in [6.45, 7) is 16.6. The van der Waals surface area contributed by atoms with Gasteiger partial charge in [0.25, 0.3) is 0 Å². The number of hydrogen-bond donors (Lipinski definition) is 5. The second-order valence-corrected chi connectivity index (χ2v) is 15.2. The van der Waals surface area contributed by atoms with E-state index in [2.05, 4.69) is 39.5 Å². The third-order valence-corrected chi connectivity index (χ3v) is 12.3. The lowest BCUT2D eigenvalue weighted by Crippen LogP contribution is -2.69. The fraction of sp³-hybridized carbons (Fsp3) is 0.933. The monoisotopic (exact) mass is 508 g/mol. The van der Waals surface area contributed by atoms with Crippen molar-refractivity contribution >= 4 is 0 Å². The molecule has 0 heterocycles. The maximum absolute atomic E-state index is 11.8. The Bertz CT molecular complexity index is 866. The fourth-order valence-electron chi connectivity index (χ4n) is 10.4. The number of rotatable bonds is 5. The van der Waals surface area contributed by atoms with E-state index in [1.165, 1.54) is 0 Å². The molecule has 11 atom stereocenters. The van der Waals surface area contributed by atoms with E-state index < -0.39 is 29.5 Å². The number of aliphatic hydroxyl groups excluding tert-OH is 3. The van der Waals surface area contributed by atoms with E-state index in [0.29, 0.717) is 19.3 Å². The molecule has 0 aliphatic heterocycles. The Morgan fingerprint density at radius 2 is 1.56 bits per heavy atom. The van der Waals surface area contributed by atoms with E-state index in [1.807, 2.05) is 13.0 Å². The number of hydrogen-bond acceptors (Lipinski definition) is 6. The molecule has 36 heavy (non-hydrogen) atoms. The van der Waals surface area contributed by atoms with Gasteiger partial charge in [0.2, 0.25) is 0 Å². The highest BCUT2D eigenvalue weighted by atomic mass is 17.1. The predicted octanol–water partition coefficient (Wildman–Crippen LogP) is 4.94. The molecule has 6 nitrogen and oxygen atoms in total. The van der Waals surface area contributed by atoms with Crippen LogP contribution in [-0.2, 0) is 4.89 Å². The van der Waals surface area contributed by atoms with Crippen molar-refractivity contribution < 1.29 is 30.6 Å². The minimum Gasteiger partial charge on any atom is -0.393 e. The molecule has 0 aromatic carbocycles. The molecule has 0 aromatic heterocycles. The third kappa shape index (κ3) is 3.96. The summed E-state index contributed by atoms with van der Waals surface area (Å²) >= 11 is 0. The van der Waals surface area contributed by atoms with Crippen LogP contribution in [0, 0.1) is 45.3 Å². The number of aliphatic hydroxyl groups is 4. The van der Waals surface area contributed by atoms with Crippen molar-refractivity contribution in [1.82, 2.24) is 0 Å². The Balaban J connectivity index is 1.67. The van der Waals surface area contributed by atoms with Gasteiger partial charge in [0.05, 0.1) is 23.9 Å². The molecular formula is C30H52O6. The first-order chi connectivity index (χ1) is 16.4. The van der Waals surface area contributed by atoms with E-state index >= 15 is 0 Å². The van der Waals surface area contributed by atoms with Crippen LogP contribution in [0.3, 0.4) is 0 Å². The van der Waals surface area contributed by atoms with Gasteiger partial charge in [-0.05, 0) is 111 Å². The quantitative estimate of drug-likeness (QED) is 0.204. The number of fused-ring (bicyclic) bond motifs is 5. The third-order valence-electron chi connectivity index (χ3n) is 12.3. The zero-order valence-electron chi connectivity index (χ0n) is 23.8. The highest BCUT2D eigenvalue weighted by Crippen LogP contribution is 2.75. The van der Waals surface area contributed by atoms with Gasteiger partial charge in [-0.1, -0.05) is 46.8 Å².